The first kappa shape index (κ1) is 89.3. The average Bonchev–Trinajstić information content (AvgIpc) is 1.29. The first-order chi connectivity index (χ1) is 48.9. The Bertz CT molecular complexity index is 2670. The molecule has 2 bridgehead atoms. The molecule has 8 unspecified atom stereocenters. The number of nitrogens with zero attached hydrogens (tertiary/aromatic N) is 7. The summed E-state index contributed by atoms with van der Waals surface area (Å²) in [7, 11) is 0. The second-order valence-electron chi connectivity index (χ2n) is 47.0. The van der Waals surface area contributed by atoms with E-state index in [-0.39, 0.29) is 16.5 Å². The van der Waals surface area contributed by atoms with Crippen molar-refractivity contribution in [3.8, 4) is 0 Å². The molecule has 7 saturated carbocycles. The topological polar surface area (TPSA) is 223 Å². The number of ether oxygens (including phenoxy) is 2. The Morgan fingerprint density at radius 3 is 1.03 bits per heavy atom. The quantitative estimate of drug-likeness (QED) is 0.120. The Balaban J connectivity index is 0.000000143. The van der Waals surface area contributed by atoms with Gasteiger partial charge in [-0.25, -0.2) is 0 Å². The van der Waals surface area contributed by atoms with Crippen molar-refractivity contribution >= 4 is 0 Å². The number of hydrogen-bond donors (Lipinski definition) is 7. The van der Waals surface area contributed by atoms with E-state index in [1.54, 1.807) is 0 Å². The van der Waals surface area contributed by atoms with E-state index in [1.165, 1.54) is 149 Å². The number of rotatable bonds is 8. The van der Waals surface area contributed by atoms with Gasteiger partial charge in [0.15, 0.2) is 0 Å². The summed E-state index contributed by atoms with van der Waals surface area (Å²) in [6, 6.07) is 0. The molecule has 0 radical (unpaired) electrons. The molecule has 0 spiro atoms. The van der Waals surface area contributed by atoms with E-state index in [4.69, 9.17) is 49.6 Å². The molecule has 0 aromatic carbocycles. The maximum Gasteiger partial charge on any atom is 0.0551 e. The van der Waals surface area contributed by atoms with Crippen LogP contribution in [-0.2, 0) is 9.47 Å². The Labute approximate surface area is 654 Å². The van der Waals surface area contributed by atoms with Crippen LogP contribution in [0.15, 0.2) is 0 Å². The lowest BCUT2D eigenvalue weighted by Gasteiger charge is -2.66. The molecule has 16 aliphatic rings. The van der Waals surface area contributed by atoms with Crippen LogP contribution in [0.5, 0.6) is 0 Å². The highest BCUT2D eigenvalue weighted by atomic mass is 16.5. The lowest BCUT2D eigenvalue weighted by Crippen LogP contribution is -2.64. The van der Waals surface area contributed by atoms with Gasteiger partial charge in [-0.2, -0.15) is 0 Å². The Hall–Kier alpha value is -0.640. The third-order valence-electron chi connectivity index (χ3n) is 33.4. The first-order valence-electron chi connectivity index (χ1n) is 44.2. The van der Waals surface area contributed by atoms with Gasteiger partial charge in [0, 0.05) is 172 Å². The molecule has 14 N–H and O–H groups in total. The molecule has 0 aromatic rings. The summed E-state index contributed by atoms with van der Waals surface area (Å²) in [6.07, 6.45) is 19.2. The van der Waals surface area contributed by atoms with Crippen LogP contribution >= 0.6 is 0 Å². The molecule has 7 aliphatic carbocycles. The van der Waals surface area contributed by atoms with Crippen LogP contribution in [0.4, 0.5) is 0 Å². The summed E-state index contributed by atoms with van der Waals surface area (Å²) >= 11 is 0. The van der Waals surface area contributed by atoms with Gasteiger partial charge < -0.3 is 49.6 Å². The minimum absolute atomic E-state index is 0.257. The first-order valence-corrected chi connectivity index (χ1v) is 44.2. The van der Waals surface area contributed by atoms with Gasteiger partial charge in [0.25, 0.3) is 0 Å². The summed E-state index contributed by atoms with van der Waals surface area (Å²) in [5.41, 5.74) is 47.9. The van der Waals surface area contributed by atoms with Crippen molar-refractivity contribution in [1.82, 2.24) is 34.3 Å². The molecular weight excluding hydrogens is 1310 g/mol. The van der Waals surface area contributed by atoms with E-state index in [0.29, 0.717) is 77.4 Å². The zero-order valence-corrected chi connectivity index (χ0v) is 74.4. The minimum atomic E-state index is 0.257. The summed E-state index contributed by atoms with van der Waals surface area (Å²) in [4.78, 5) is 18.4. The summed E-state index contributed by atoms with van der Waals surface area (Å²) in [5.74, 6) is 9.31. The molecule has 16 heteroatoms. The van der Waals surface area contributed by atoms with Crippen molar-refractivity contribution < 1.29 is 9.47 Å². The fourth-order valence-electron chi connectivity index (χ4n) is 24.8. The summed E-state index contributed by atoms with van der Waals surface area (Å²) < 4.78 is 11.1. The molecule has 0 amide bonds. The van der Waals surface area contributed by atoms with E-state index in [9.17, 15) is 0 Å². The van der Waals surface area contributed by atoms with Crippen molar-refractivity contribution in [2.45, 2.75) is 302 Å². The highest BCUT2D eigenvalue weighted by Gasteiger charge is 2.67. The summed E-state index contributed by atoms with van der Waals surface area (Å²) in [6.45, 7) is 85.0. The van der Waals surface area contributed by atoms with Crippen LogP contribution in [0.3, 0.4) is 0 Å². The van der Waals surface area contributed by atoms with Crippen molar-refractivity contribution in [2.24, 2.45) is 149 Å². The molecule has 16 nitrogen and oxygen atoms in total. The number of likely N-dealkylation sites (tertiary alicyclic amines) is 7. The van der Waals surface area contributed by atoms with E-state index in [1.807, 2.05) is 0 Å². The predicted octanol–water partition coefficient (Wildman–Crippen LogP) is 12.8. The van der Waals surface area contributed by atoms with E-state index in [0.717, 1.165) is 158 Å². The number of nitrogens with two attached hydrogens (primary N) is 7. The predicted molar refractivity (Wildman–Crippen MR) is 449 cm³/mol. The van der Waals surface area contributed by atoms with Gasteiger partial charge in [-0.1, -0.05) is 47.0 Å². The zero-order valence-electron chi connectivity index (χ0n) is 74.4. The second kappa shape index (κ2) is 32.8. The molecule has 9 heterocycles. The van der Waals surface area contributed by atoms with Gasteiger partial charge >= 0.3 is 0 Å². The van der Waals surface area contributed by atoms with Gasteiger partial charge in [-0.3, -0.25) is 34.3 Å². The highest BCUT2D eigenvalue weighted by Crippen LogP contribution is 2.70. The Morgan fingerprint density at radius 2 is 0.679 bits per heavy atom. The van der Waals surface area contributed by atoms with Crippen LogP contribution in [0.1, 0.15) is 263 Å². The maximum absolute atomic E-state index is 6.29. The smallest absolute Gasteiger partial charge is 0.0551 e. The zero-order chi connectivity index (χ0) is 78.9. The standard InChI is InChI=1S/C16H30N2.C14H28N2.C13H26N2.C12H24N2O.2C12H24N2.C11H22N2O/c1-14(2,3)18-8-12-6-11-7-13(15(11,4)5)16(12,9-17)10-18;1-5-11-6-12-8-16(13(2,3)4)10-14(12,7-11)9-15;1-10-5-11-7-15(12(2,3)4)9-13(11,6-10)8-14;1-11(2,3)14-6-10-7-15-5-4-12(10,8-13)9-14;2*1-11(2,3)14-7-10-5-4-6-12(10,8-13)9-14;1-10(2,3)13-4-9-5-14-8-11(9,6-12)7-13/h11-13H,6-10,17H2,1-5H3;11-12H,5-10,15H2,1-4H3;10-11H,5-9,14H2,1-4H3;10H,4-9,13H2,1-3H3;2*10H,4-9,13H2,1-3H3;9H,4-8,12H2,1-3H3/t;11?,12-,14-;10?,11-,13-;10-,12+;10-,12-;;9-,11+/m.1101.0/s1. The fourth-order valence-corrected chi connectivity index (χ4v) is 24.8. The average molecular weight is 1490 g/mol. The Morgan fingerprint density at radius 1 is 0.340 bits per heavy atom. The monoisotopic (exact) mass is 1490 g/mol. The van der Waals surface area contributed by atoms with Crippen molar-refractivity contribution in [1.29, 1.82) is 0 Å². The lowest BCUT2D eigenvalue weighted by molar-refractivity contribution is -0.169. The van der Waals surface area contributed by atoms with Crippen molar-refractivity contribution in [3.63, 3.8) is 0 Å². The van der Waals surface area contributed by atoms with E-state index >= 15 is 0 Å². The van der Waals surface area contributed by atoms with Gasteiger partial charge in [0.2, 0.25) is 0 Å². The van der Waals surface area contributed by atoms with Gasteiger partial charge in [-0.05, 0) is 336 Å². The number of fused-ring (bicyclic) bond motifs is 6. The van der Waals surface area contributed by atoms with Crippen molar-refractivity contribution in [3.05, 3.63) is 0 Å². The summed E-state index contributed by atoms with van der Waals surface area (Å²) in [5, 5.41) is 0. The highest BCUT2D eigenvalue weighted by molar-refractivity contribution is 5.18. The molecule has 9 saturated heterocycles. The lowest BCUT2D eigenvalue weighted by atomic mass is 9.38. The SMILES string of the molecule is CC(C)(C)N1CC2CCCC2(CN)C1.CC(C)(C)N1C[C@H]2CCC[C@@]2(CN)C1.CC(C)(C)N1C[C@H]2COCC[C@@]2(CN)C1.CC(C)(C)N1C[C@H]2COC[C@@]2(CN)C1.CC1(C)C2CC3CN(C(C)(C)C)CC3(CN)C1C2.CC1C[C@@H]2CN(C(C)(C)C)C[C@]2(CN)C1.CCC1C[C@@H]2CN(C(C)(C)C)C[C@]2(CN)C1. The van der Waals surface area contributed by atoms with Crippen LogP contribution in [0.2, 0.25) is 0 Å². The molecule has 620 valence electrons. The molecule has 9 aliphatic heterocycles. The minimum Gasteiger partial charge on any atom is -0.381 e. The maximum atomic E-state index is 6.29. The second-order valence-corrected chi connectivity index (χ2v) is 47.0. The van der Waals surface area contributed by atoms with Crippen molar-refractivity contribution in [2.75, 3.05) is 164 Å². The normalized spacial score (nSPS) is 40.8. The van der Waals surface area contributed by atoms with Crippen LogP contribution in [0.25, 0.3) is 0 Å². The molecule has 18 atom stereocenters. The molecule has 16 fully saturated rings. The molecule has 0 aromatic heterocycles. The van der Waals surface area contributed by atoms with Gasteiger partial charge in [-0.15, -0.1) is 0 Å². The van der Waals surface area contributed by atoms with E-state index < -0.39 is 0 Å². The number of hydrogen-bond acceptors (Lipinski definition) is 16. The molecule has 106 heavy (non-hydrogen) atoms. The van der Waals surface area contributed by atoms with Crippen LogP contribution in [0, 0.1) is 108 Å². The Kier molecular flexibility index (Phi) is 27.6. The van der Waals surface area contributed by atoms with E-state index in [2.05, 4.69) is 207 Å². The van der Waals surface area contributed by atoms with Gasteiger partial charge in [0.1, 0.15) is 0 Å². The molecular formula is C90H178N14O2. The van der Waals surface area contributed by atoms with Crippen LogP contribution in [-0.4, -0.2) is 237 Å². The van der Waals surface area contributed by atoms with Gasteiger partial charge in [0.05, 0.1) is 19.8 Å². The third-order valence-corrected chi connectivity index (χ3v) is 33.4. The van der Waals surface area contributed by atoms with Crippen LogP contribution < -0.4 is 40.1 Å². The third kappa shape index (κ3) is 18.4. The molecule has 16 rings (SSSR count). The largest absolute Gasteiger partial charge is 0.381 e. The fraction of sp³-hybridized carbons (Fsp3) is 1.00.